The molecule has 1 aromatic heterocycles. The number of aliphatic hydroxyl groups excluding tert-OH is 4. The second kappa shape index (κ2) is 23.3. The number of carbonyl (C=O) groups is 4. The van der Waals surface area contributed by atoms with Gasteiger partial charge in [-0.2, -0.15) is 0 Å². The number of fused-ring (bicyclic) bond motifs is 1. The molecular weight excluding hydrogens is 698 g/mol. The zero-order chi connectivity index (χ0) is 35.7. The maximum Gasteiger partial charge on any atom is 2.00 e. The van der Waals surface area contributed by atoms with E-state index in [1.54, 1.807) is 0 Å². The zero-order valence-electron chi connectivity index (χ0n) is 25.6. The second-order valence-corrected chi connectivity index (χ2v) is 10.2. The number of pyridine rings is 1. The number of aromatic nitrogens is 1. The van der Waals surface area contributed by atoms with Gasteiger partial charge in [-0.1, -0.05) is 11.6 Å². The zero-order valence-corrected chi connectivity index (χ0v) is 27.4. The molecule has 48 heavy (non-hydrogen) atoms. The molecule has 2 aliphatic carbocycles. The number of benzene rings is 1. The number of hydrogen-bond donors (Lipinski definition) is 9. The molecule has 0 aliphatic heterocycles. The van der Waals surface area contributed by atoms with E-state index < -0.39 is 48.3 Å². The smallest absolute Gasteiger partial charge is 0.479 e. The molecule has 4 rings (SSSR count). The van der Waals surface area contributed by atoms with Crippen LogP contribution in [0.1, 0.15) is 0 Å². The molecule has 10 radical (unpaired) electrons. The van der Waals surface area contributed by atoms with Crippen LogP contribution in [0.25, 0.3) is 10.9 Å². The molecule has 0 saturated heterocycles. The van der Waals surface area contributed by atoms with Gasteiger partial charge in [0, 0.05) is 47.2 Å². The first-order valence-corrected chi connectivity index (χ1v) is 13.9. The number of nitrogens with one attached hydrogen (secondary N) is 1. The van der Waals surface area contributed by atoms with Gasteiger partial charge in [0.05, 0.1) is 5.52 Å². The van der Waals surface area contributed by atoms with Crippen LogP contribution in [0.5, 0.6) is 0 Å². The van der Waals surface area contributed by atoms with Crippen molar-refractivity contribution in [2.45, 2.75) is 24.4 Å². The molecule has 0 bridgehead atoms. The second-order valence-electron chi connectivity index (χ2n) is 9.78. The van der Waals surface area contributed by atoms with Crippen molar-refractivity contribution in [3.8, 4) is 0 Å². The summed E-state index contributed by atoms with van der Waals surface area (Å²) in [7, 11) is 4.18. The molecule has 2 aliphatic rings. The first-order chi connectivity index (χ1) is 22.1. The molecule has 2 aromatic rings. The molecule has 2 fully saturated rings. The molecule has 0 spiro atoms. The number of rotatable bonds is 11. The van der Waals surface area contributed by atoms with Crippen LogP contribution in [0.2, 0.25) is 5.02 Å². The van der Waals surface area contributed by atoms with Gasteiger partial charge in [-0.05, 0) is 89.7 Å². The number of nitrogens with zero attached hydrogens (tertiary/aromatic N) is 2. The van der Waals surface area contributed by atoms with Gasteiger partial charge in [0.2, 0.25) is 0 Å². The van der Waals surface area contributed by atoms with E-state index in [1.165, 1.54) is 11.8 Å². The Balaban J connectivity index is 0.000000711. The summed E-state index contributed by atoms with van der Waals surface area (Å²) in [5.41, 5.74) is 1.99. The molecular formula is C31H36ClFeN3O12+2. The SMILES string of the molecule is CN(C)C[C]1[CH][CH][CH][C]1CNc1ccnc2cc(Cl)ccc12.O=C(O)C(O)C(O)C(=O)O.O=C(O)C(O)C(O)C(=O)O.[CH]1[CH][CH][CH][CH]1.[Fe+2]. The fraction of sp³-hybridized carbons (Fsp3) is 0.258. The largest absolute Gasteiger partial charge is 2.00 e. The van der Waals surface area contributed by atoms with Crippen LogP contribution in [-0.4, -0.2) is 126 Å². The van der Waals surface area contributed by atoms with Crippen molar-refractivity contribution in [3.05, 3.63) is 98.7 Å². The standard InChI is InChI=1S/C18H19ClN3.C5H5.2C4H6O6.Fe/c1-22(2)12-14-5-3-4-13(14)11-21-17-8-9-20-18-10-15(19)6-7-16(17)18;1-2-4-5-3-1;2*5-1(3(7)8)2(6)4(9)10;/h3-10H,11-12H2,1-2H3,(H,20,21);1-5H;2*1-2,5-6H,(H,7,8)(H,9,10);/q;;;;+2. The molecule has 1 heterocycles. The summed E-state index contributed by atoms with van der Waals surface area (Å²) in [5.74, 6) is -4.39. The summed E-state index contributed by atoms with van der Waals surface area (Å²) in [4.78, 5) is 45.6. The van der Waals surface area contributed by atoms with E-state index in [4.69, 9.17) is 52.5 Å². The van der Waals surface area contributed by atoms with Gasteiger partial charge >= 0.3 is 40.9 Å². The molecule has 260 valence electrons. The maximum atomic E-state index is 9.77. The number of hydrogen-bond acceptors (Lipinski definition) is 11. The summed E-state index contributed by atoms with van der Waals surface area (Å²) >= 11 is 6.03. The summed E-state index contributed by atoms with van der Waals surface area (Å²) in [5, 5.41) is 70.4. The van der Waals surface area contributed by atoms with Crippen molar-refractivity contribution in [2.24, 2.45) is 0 Å². The number of aliphatic carboxylic acids is 4. The minimum absolute atomic E-state index is 0. The van der Waals surface area contributed by atoms with Gasteiger partial charge < -0.3 is 51.1 Å². The van der Waals surface area contributed by atoms with Crippen LogP contribution in [0.3, 0.4) is 0 Å². The monoisotopic (exact) mass is 733 g/mol. The third-order valence-corrected chi connectivity index (χ3v) is 6.07. The number of halogens is 1. The van der Waals surface area contributed by atoms with E-state index in [2.05, 4.69) is 48.6 Å². The van der Waals surface area contributed by atoms with E-state index in [0.717, 1.165) is 29.7 Å². The van der Waals surface area contributed by atoms with Gasteiger partial charge in [0.15, 0.2) is 24.4 Å². The Morgan fingerprint density at radius 2 is 1.17 bits per heavy atom. The Bertz CT molecular complexity index is 1220. The van der Waals surface area contributed by atoms with Crippen LogP contribution in [0, 0.1) is 63.2 Å². The van der Waals surface area contributed by atoms with Crippen LogP contribution >= 0.6 is 11.6 Å². The number of aliphatic hydroxyl groups is 4. The topological polar surface area (TPSA) is 258 Å². The van der Waals surface area contributed by atoms with Gasteiger partial charge in [-0.25, -0.2) is 19.2 Å². The molecule has 15 nitrogen and oxygen atoms in total. The summed E-state index contributed by atoms with van der Waals surface area (Å²) in [6, 6.07) is 7.81. The molecule has 4 unspecified atom stereocenters. The minimum atomic E-state index is -2.27. The van der Waals surface area contributed by atoms with Crippen LogP contribution < -0.4 is 5.32 Å². The van der Waals surface area contributed by atoms with E-state index in [1.807, 2.05) is 62.6 Å². The summed E-state index contributed by atoms with van der Waals surface area (Å²) in [6.45, 7) is 1.76. The van der Waals surface area contributed by atoms with Crippen molar-refractivity contribution >= 4 is 52.1 Å². The quantitative estimate of drug-likeness (QED) is 0.142. The Hall–Kier alpha value is -3.08. The average Bonchev–Trinajstić information content (AvgIpc) is 3.74. The third kappa shape index (κ3) is 16.3. The summed E-state index contributed by atoms with van der Waals surface area (Å²) < 4.78 is 0. The van der Waals surface area contributed by atoms with E-state index in [0.29, 0.717) is 5.02 Å². The predicted molar refractivity (Wildman–Crippen MR) is 169 cm³/mol. The van der Waals surface area contributed by atoms with Crippen molar-refractivity contribution in [3.63, 3.8) is 0 Å². The normalized spacial score (nSPS) is 16.8. The molecule has 1 aromatic carbocycles. The first-order valence-electron chi connectivity index (χ1n) is 13.5. The van der Waals surface area contributed by atoms with E-state index >= 15 is 0 Å². The summed E-state index contributed by atoms with van der Waals surface area (Å²) in [6.07, 6.45) is 9.21. The first kappa shape index (κ1) is 44.9. The average molecular weight is 734 g/mol. The van der Waals surface area contributed by atoms with Crippen LogP contribution in [0.15, 0.2) is 30.5 Å². The Kier molecular flexibility index (Phi) is 21.8. The van der Waals surface area contributed by atoms with Crippen molar-refractivity contribution in [1.82, 2.24) is 9.88 Å². The van der Waals surface area contributed by atoms with Crippen molar-refractivity contribution < 1.29 is 77.1 Å². The van der Waals surface area contributed by atoms with E-state index in [9.17, 15) is 19.2 Å². The minimum Gasteiger partial charge on any atom is -0.479 e. The van der Waals surface area contributed by atoms with Crippen molar-refractivity contribution in [1.29, 1.82) is 0 Å². The molecule has 4 atom stereocenters. The Morgan fingerprint density at radius 1 is 0.729 bits per heavy atom. The van der Waals surface area contributed by atoms with Crippen molar-refractivity contribution in [2.75, 3.05) is 32.5 Å². The fourth-order valence-corrected chi connectivity index (χ4v) is 3.66. The molecule has 17 heteroatoms. The number of carboxylic acid groups (broad SMARTS) is 4. The Labute approximate surface area is 294 Å². The molecule has 2 saturated carbocycles. The molecule has 9 N–H and O–H groups in total. The van der Waals surface area contributed by atoms with Crippen LogP contribution in [0.4, 0.5) is 5.69 Å². The maximum absolute atomic E-state index is 9.77. The van der Waals surface area contributed by atoms with Gasteiger partial charge in [-0.3, -0.25) is 4.98 Å². The van der Waals surface area contributed by atoms with Gasteiger partial charge in [0.1, 0.15) is 0 Å². The van der Waals surface area contributed by atoms with Gasteiger partial charge in [0.25, 0.3) is 0 Å². The van der Waals surface area contributed by atoms with Gasteiger partial charge in [-0.15, -0.1) is 0 Å². The van der Waals surface area contributed by atoms with E-state index in [-0.39, 0.29) is 17.1 Å². The predicted octanol–water partition coefficient (Wildman–Crippen LogP) is 0.411. The third-order valence-electron chi connectivity index (χ3n) is 5.83. The Morgan fingerprint density at radius 3 is 1.58 bits per heavy atom. The van der Waals surface area contributed by atoms with Crippen LogP contribution in [-0.2, 0) is 36.2 Å². The number of anilines is 1. The number of carboxylic acids is 4. The fourth-order valence-electron chi connectivity index (χ4n) is 3.49. The molecule has 0 amide bonds.